The SMILES string of the molecule is Fc1ccc(CSc2nc3ncc(Br)cc3[nH]2)c(Cl)c1. The summed E-state index contributed by atoms with van der Waals surface area (Å²) in [5.74, 6) is 0.279. The van der Waals surface area contributed by atoms with E-state index in [1.54, 1.807) is 12.3 Å². The van der Waals surface area contributed by atoms with Crippen LogP contribution in [0, 0.1) is 5.82 Å². The summed E-state index contributed by atoms with van der Waals surface area (Å²) in [6.07, 6.45) is 1.70. The predicted molar refractivity (Wildman–Crippen MR) is 82.6 cm³/mol. The number of halogens is 3. The van der Waals surface area contributed by atoms with Crippen molar-refractivity contribution in [2.45, 2.75) is 10.9 Å². The molecule has 3 nitrogen and oxygen atoms in total. The Kier molecular flexibility index (Phi) is 3.96. The summed E-state index contributed by atoms with van der Waals surface area (Å²) in [4.78, 5) is 11.8. The van der Waals surface area contributed by atoms with Gasteiger partial charge in [-0.1, -0.05) is 29.4 Å². The van der Waals surface area contributed by atoms with Crippen molar-refractivity contribution in [2.24, 2.45) is 0 Å². The third-order valence-corrected chi connectivity index (χ3v) is 4.37. The van der Waals surface area contributed by atoms with Gasteiger partial charge in [0.05, 0.1) is 5.52 Å². The molecule has 2 aromatic heterocycles. The van der Waals surface area contributed by atoms with Crippen molar-refractivity contribution in [3.8, 4) is 0 Å². The van der Waals surface area contributed by atoms with Crippen LogP contribution < -0.4 is 0 Å². The standard InChI is InChI=1S/C13H8BrClFN3S/c14-8-3-11-12(17-5-8)19-13(18-11)20-6-7-1-2-9(16)4-10(7)15/h1-5H,6H2,(H,17,18,19). The lowest BCUT2D eigenvalue weighted by Crippen LogP contribution is -1.85. The van der Waals surface area contributed by atoms with Gasteiger partial charge in [0.2, 0.25) is 0 Å². The van der Waals surface area contributed by atoms with Crippen molar-refractivity contribution < 1.29 is 4.39 Å². The molecule has 0 bridgehead atoms. The third kappa shape index (κ3) is 2.97. The van der Waals surface area contributed by atoms with E-state index in [0.29, 0.717) is 16.4 Å². The van der Waals surface area contributed by atoms with E-state index in [1.165, 1.54) is 23.9 Å². The van der Waals surface area contributed by atoms with Crippen molar-refractivity contribution in [1.29, 1.82) is 0 Å². The molecule has 0 atom stereocenters. The Labute approximate surface area is 132 Å². The fourth-order valence-corrected chi connectivity index (χ4v) is 3.23. The predicted octanol–water partition coefficient (Wildman–Crippen LogP) is 4.81. The molecule has 0 amide bonds. The first-order valence-corrected chi connectivity index (χ1v) is 7.85. The number of nitrogens with zero attached hydrogens (tertiary/aromatic N) is 2. The van der Waals surface area contributed by atoms with Gasteiger partial charge in [-0.25, -0.2) is 14.4 Å². The molecule has 1 N–H and O–H groups in total. The van der Waals surface area contributed by atoms with E-state index in [2.05, 4.69) is 30.9 Å². The summed E-state index contributed by atoms with van der Waals surface area (Å²) in [6.45, 7) is 0. The minimum absolute atomic E-state index is 0.332. The van der Waals surface area contributed by atoms with E-state index in [0.717, 1.165) is 20.7 Å². The fourth-order valence-electron chi connectivity index (χ4n) is 1.71. The van der Waals surface area contributed by atoms with Gasteiger partial charge in [-0.15, -0.1) is 0 Å². The van der Waals surface area contributed by atoms with Crippen LogP contribution in [0.3, 0.4) is 0 Å². The molecule has 102 valence electrons. The van der Waals surface area contributed by atoms with Crippen LogP contribution in [0.2, 0.25) is 5.02 Å². The van der Waals surface area contributed by atoms with Crippen LogP contribution in [0.15, 0.2) is 40.1 Å². The van der Waals surface area contributed by atoms with Crippen LogP contribution in [-0.4, -0.2) is 15.0 Å². The van der Waals surface area contributed by atoms with Crippen molar-refractivity contribution in [1.82, 2.24) is 15.0 Å². The largest absolute Gasteiger partial charge is 0.331 e. The van der Waals surface area contributed by atoms with Gasteiger partial charge in [-0.05, 0) is 39.7 Å². The van der Waals surface area contributed by atoms with Crippen LogP contribution in [0.25, 0.3) is 11.2 Å². The van der Waals surface area contributed by atoms with Crippen LogP contribution in [0.5, 0.6) is 0 Å². The Balaban J connectivity index is 1.79. The van der Waals surface area contributed by atoms with Gasteiger partial charge in [0.15, 0.2) is 10.8 Å². The van der Waals surface area contributed by atoms with E-state index in [4.69, 9.17) is 11.6 Å². The van der Waals surface area contributed by atoms with Crippen molar-refractivity contribution in [2.75, 3.05) is 0 Å². The molecule has 0 saturated heterocycles. The molecule has 0 aliphatic carbocycles. The molecule has 20 heavy (non-hydrogen) atoms. The summed E-state index contributed by atoms with van der Waals surface area (Å²) in [5.41, 5.74) is 2.40. The molecular weight excluding hydrogens is 365 g/mol. The number of nitrogens with one attached hydrogen (secondary N) is 1. The molecule has 7 heteroatoms. The summed E-state index contributed by atoms with van der Waals surface area (Å²) in [6, 6.07) is 6.32. The maximum atomic E-state index is 13.0. The number of fused-ring (bicyclic) bond motifs is 1. The van der Waals surface area contributed by atoms with Crippen molar-refractivity contribution in [3.63, 3.8) is 0 Å². The maximum Gasteiger partial charge on any atom is 0.178 e. The Bertz CT molecular complexity index is 777. The van der Waals surface area contributed by atoms with Gasteiger partial charge in [0, 0.05) is 21.4 Å². The number of thioether (sulfide) groups is 1. The van der Waals surface area contributed by atoms with Gasteiger partial charge >= 0.3 is 0 Å². The van der Waals surface area contributed by atoms with Crippen LogP contribution in [0.4, 0.5) is 4.39 Å². The molecule has 3 rings (SSSR count). The molecule has 0 aliphatic rings. The second-order valence-corrected chi connectivity index (χ2v) is 6.38. The normalized spacial score (nSPS) is 11.2. The Hall–Kier alpha value is -1.11. The number of hydrogen-bond acceptors (Lipinski definition) is 3. The van der Waals surface area contributed by atoms with E-state index in [1.807, 2.05) is 6.07 Å². The molecule has 3 aromatic rings. The number of rotatable bonds is 3. The van der Waals surface area contributed by atoms with Crippen LogP contribution in [-0.2, 0) is 5.75 Å². The first kappa shape index (κ1) is 13.9. The zero-order valence-electron chi connectivity index (χ0n) is 10.0. The van der Waals surface area contributed by atoms with Gasteiger partial charge in [0.1, 0.15) is 5.82 Å². The summed E-state index contributed by atoms with van der Waals surface area (Å²) < 4.78 is 13.9. The highest BCUT2D eigenvalue weighted by Crippen LogP contribution is 2.27. The lowest BCUT2D eigenvalue weighted by atomic mass is 10.2. The highest BCUT2D eigenvalue weighted by Gasteiger charge is 2.07. The van der Waals surface area contributed by atoms with E-state index in [9.17, 15) is 4.39 Å². The molecule has 1 aromatic carbocycles. The minimum Gasteiger partial charge on any atom is -0.331 e. The van der Waals surface area contributed by atoms with E-state index < -0.39 is 0 Å². The zero-order chi connectivity index (χ0) is 14.1. The summed E-state index contributed by atoms with van der Waals surface area (Å²) in [7, 11) is 0. The second kappa shape index (κ2) is 5.71. The van der Waals surface area contributed by atoms with E-state index >= 15 is 0 Å². The Morgan fingerprint density at radius 3 is 3.00 bits per heavy atom. The molecule has 0 saturated carbocycles. The molecular formula is C13H8BrClFN3S. The average molecular weight is 373 g/mol. The van der Waals surface area contributed by atoms with Crippen LogP contribution >= 0.6 is 39.3 Å². The minimum atomic E-state index is -0.332. The third-order valence-electron chi connectivity index (χ3n) is 2.66. The fraction of sp³-hybridized carbons (Fsp3) is 0.0769. The van der Waals surface area contributed by atoms with Crippen molar-refractivity contribution in [3.05, 3.63) is 51.3 Å². The number of H-pyrrole nitrogens is 1. The first-order chi connectivity index (χ1) is 9.61. The Morgan fingerprint density at radius 2 is 2.20 bits per heavy atom. The van der Waals surface area contributed by atoms with Crippen LogP contribution in [0.1, 0.15) is 5.56 Å². The number of benzene rings is 1. The highest BCUT2D eigenvalue weighted by molar-refractivity contribution is 9.10. The molecule has 0 fully saturated rings. The highest BCUT2D eigenvalue weighted by atomic mass is 79.9. The molecule has 0 radical (unpaired) electrons. The Morgan fingerprint density at radius 1 is 1.35 bits per heavy atom. The quantitative estimate of drug-likeness (QED) is 0.671. The van der Waals surface area contributed by atoms with Gasteiger partial charge in [0.25, 0.3) is 0 Å². The number of hydrogen-bond donors (Lipinski definition) is 1. The topological polar surface area (TPSA) is 41.6 Å². The summed E-state index contributed by atoms with van der Waals surface area (Å²) >= 11 is 10.9. The molecule has 2 heterocycles. The monoisotopic (exact) mass is 371 g/mol. The number of aromatic amines is 1. The lowest BCUT2D eigenvalue weighted by molar-refractivity contribution is 0.627. The lowest BCUT2D eigenvalue weighted by Gasteiger charge is -2.02. The zero-order valence-corrected chi connectivity index (χ0v) is 13.2. The van der Waals surface area contributed by atoms with Gasteiger partial charge < -0.3 is 4.98 Å². The van der Waals surface area contributed by atoms with Crippen molar-refractivity contribution >= 4 is 50.5 Å². The second-order valence-electron chi connectivity index (χ2n) is 4.09. The number of imidazole rings is 1. The summed E-state index contributed by atoms with van der Waals surface area (Å²) in [5, 5.41) is 1.18. The molecule has 0 spiro atoms. The molecule has 0 aliphatic heterocycles. The van der Waals surface area contributed by atoms with E-state index in [-0.39, 0.29) is 5.82 Å². The maximum absolute atomic E-state index is 13.0. The average Bonchev–Trinajstić information content (AvgIpc) is 2.79. The number of aromatic nitrogens is 3. The smallest absolute Gasteiger partial charge is 0.178 e. The molecule has 0 unspecified atom stereocenters. The van der Waals surface area contributed by atoms with Gasteiger partial charge in [-0.3, -0.25) is 0 Å². The number of pyridine rings is 1. The van der Waals surface area contributed by atoms with Gasteiger partial charge in [-0.2, -0.15) is 0 Å². The first-order valence-electron chi connectivity index (χ1n) is 5.70.